The zero-order valence-electron chi connectivity index (χ0n) is 15.4. The maximum Gasteiger partial charge on any atom is 0.317 e. The summed E-state index contributed by atoms with van der Waals surface area (Å²) in [5.74, 6) is 0. The topological polar surface area (TPSA) is 35.6 Å². The first-order chi connectivity index (χ1) is 10.6. The van der Waals surface area contributed by atoms with Crippen LogP contribution in [0.25, 0.3) is 0 Å². The predicted molar refractivity (Wildman–Crippen MR) is 97.2 cm³/mol. The van der Waals surface area contributed by atoms with Gasteiger partial charge in [0.1, 0.15) is 0 Å². The summed E-state index contributed by atoms with van der Waals surface area (Å²) >= 11 is 0. The van der Waals surface area contributed by atoms with Gasteiger partial charge in [0.15, 0.2) is 0 Å². The van der Waals surface area contributed by atoms with Crippen molar-refractivity contribution in [1.29, 1.82) is 0 Å². The lowest BCUT2D eigenvalue weighted by Gasteiger charge is -2.39. The fourth-order valence-electron chi connectivity index (χ4n) is 2.93. The van der Waals surface area contributed by atoms with Crippen molar-refractivity contribution in [2.45, 2.75) is 52.5 Å². The Bertz CT molecular complexity index is 546. The Morgan fingerprint density at radius 3 is 2.04 bits per heavy atom. The molecule has 1 aromatic carbocycles. The molecule has 1 aromatic rings. The van der Waals surface area contributed by atoms with Crippen molar-refractivity contribution in [3.8, 4) is 0 Å². The number of amides is 2. The van der Waals surface area contributed by atoms with Gasteiger partial charge in [0.2, 0.25) is 0 Å². The highest BCUT2D eigenvalue weighted by Crippen LogP contribution is 2.32. The van der Waals surface area contributed by atoms with Gasteiger partial charge in [0.05, 0.1) is 0 Å². The van der Waals surface area contributed by atoms with Gasteiger partial charge in [-0.3, -0.25) is 0 Å². The summed E-state index contributed by atoms with van der Waals surface area (Å²) in [7, 11) is 0. The minimum atomic E-state index is -0.187. The van der Waals surface area contributed by atoms with E-state index in [4.69, 9.17) is 0 Å². The number of hydrogen-bond donors (Lipinski definition) is 1. The first kappa shape index (κ1) is 17.6. The molecule has 0 bridgehead atoms. The summed E-state index contributed by atoms with van der Waals surface area (Å²) in [6.45, 7) is 16.1. The van der Waals surface area contributed by atoms with Crippen LogP contribution < -0.4 is 10.2 Å². The number of hydrogen-bond acceptors (Lipinski definition) is 2. The van der Waals surface area contributed by atoms with E-state index in [9.17, 15) is 4.79 Å². The quantitative estimate of drug-likeness (QED) is 0.859. The normalized spacial score (nSPS) is 16.4. The number of anilines is 1. The number of nitrogens with zero attached hydrogens (tertiary/aromatic N) is 2. The fraction of sp³-hybridized carbons (Fsp3) is 0.632. The van der Waals surface area contributed by atoms with Crippen molar-refractivity contribution < 1.29 is 4.79 Å². The predicted octanol–water partition coefficient (Wildman–Crippen LogP) is 3.61. The number of carbonyl (C=O) groups is 1. The minimum Gasteiger partial charge on any atom is -0.368 e. The van der Waals surface area contributed by atoms with Crippen molar-refractivity contribution >= 4 is 11.7 Å². The second-order valence-electron chi connectivity index (χ2n) is 8.42. The van der Waals surface area contributed by atoms with Crippen molar-refractivity contribution in [3.63, 3.8) is 0 Å². The highest BCUT2D eigenvalue weighted by atomic mass is 16.2. The van der Waals surface area contributed by atoms with Crippen LogP contribution in [-0.2, 0) is 5.41 Å². The van der Waals surface area contributed by atoms with Crippen LogP contribution in [0.5, 0.6) is 0 Å². The second-order valence-corrected chi connectivity index (χ2v) is 8.42. The van der Waals surface area contributed by atoms with Crippen molar-refractivity contribution in [2.75, 3.05) is 31.1 Å². The van der Waals surface area contributed by atoms with E-state index >= 15 is 0 Å². The SMILES string of the molecule is CC(C)(C)NC(=O)N1CCN(c2ccccc2C(C)(C)C)CC1. The highest BCUT2D eigenvalue weighted by Gasteiger charge is 2.26. The van der Waals surface area contributed by atoms with E-state index in [2.05, 4.69) is 55.3 Å². The van der Waals surface area contributed by atoms with Gasteiger partial charge in [-0.15, -0.1) is 0 Å². The van der Waals surface area contributed by atoms with E-state index in [0.717, 1.165) is 26.2 Å². The molecule has 0 radical (unpaired) electrons. The zero-order chi connectivity index (χ0) is 17.3. The molecule has 1 fully saturated rings. The first-order valence-electron chi connectivity index (χ1n) is 8.49. The molecule has 1 aliphatic heterocycles. The van der Waals surface area contributed by atoms with Gasteiger partial charge < -0.3 is 15.1 Å². The standard InChI is InChI=1S/C19H31N3O/c1-18(2,3)15-9-7-8-10-16(15)21-11-13-22(14-12-21)17(23)20-19(4,5)6/h7-10H,11-14H2,1-6H3,(H,20,23). The second kappa shape index (κ2) is 6.42. The summed E-state index contributed by atoms with van der Waals surface area (Å²) < 4.78 is 0. The van der Waals surface area contributed by atoms with Crippen LogP contribution in [0.3, 0.4) is 0 Å². The minimum absolute atomic E-state index is 0.0428. The summed E-state index contributed by atoms with van der Waals surface area (Å²) in [5.41, 5.74) is 2.60. The van der Waals surface area contributed by atoms with E-state index in [-0.39, 0.29) is 17.0 Å². The molecule has 1 N–H and O–H groups in total. The molecule has 0 saturated carbocycles. The van der Waals surface area contributed by atoms with E-state index in [1.165, 1.54) is 11.3 Å². The van der Waals surface area contributed by atoms with Crippen LogP contribution in [0.4, 0.5) is 10.5 Å². The smallest absolute Gasteiger partial charge is 0.317 e. The maximum absolute atomic E-state index is 12.3. The van der Waals surface area contributed by atoms with Gasteiger partial charge in [-0.25, -0.2) is 4.79 Å². The van der Waals surface area contributed by atoms with Crippen LogP contribution in [0.1, 0.15) is 47.1 Å². The molecule has 2 rings (SSSR count). The first-order valence-corrected chi connectivity index (χ1v) is 8.49. The number of benzene rings is 1. The Hall–Kier alpha value is -1.71. The lowest BCUT2D eigenvalue weighted by atomic mass is 9.85. The number of carbonyl (C=O) groups excluding carboxylic acids is 1. The molecular weight excluding hydrogens is 286 g/mol. The number of nitrogens with one attached hydrogen (secondary N) is 1. The lowest BCUT2D eigenvalue weighted by molar-refractivity contribution is 0.185. The average molecular weight is 317 g/mol. The van der Waals surface area contributed by atoms with Gasteiger partial charge in [0.25, 0.3) is 0 Å². The van der Waals surface area contributed by atoms with Crippen LogP contribution >= 0.6 is 0 Å². The van der Waals surface area contributed by atoms with E-state index < -0.39 is 0 Å². The van der Waals surface area contributed by atoms with Crippen LogP contribution in [0.2, 0.25) is 0 Å². The van der Waals surface area contributed by atoms with Crippen LogP contribution in [0, 0.1) is 0 Å². The van der Waals surface area contributed by atoms with Gasteiger partial charge >= 0.3 is 6.03 Å². The Morgan fingerprint density at radius 2 is 1.52 bits per heavy atom. The molecule has 0 atom stereocenters. The van der Waals surface area contributed by atoms with Gasteiger partial charge in [-0.1, -0.05) is 39.0 Å². The molecule has 1 heterocycles. The summed E-state index contributed by atoms with van der Waals surface area (Å²) in [6.07, 6.45) is 0. The number of rotatable bonds is 1. The van der Waals surface area contributed by atoms with Gasteiger partial charge in [-0.05, 0) is 37.8 Å². The van der Waals surface area contributed by atoms with E-state index in [1.807, 2.05) is 25.7 Å². The molecule has 1 aliphatic rings. The third-order valence-electron chi connectivity index (χ3n) is 4.10. The summed E-state index contributed by atoms with van der Waals surface area (Å²) in [4.78, 5) is 16.6. The van der Waals surface area contributed by atoms with E-state index in [0.29, 0.717) is 0 Å². The molecule has 0 unspecified atom stereocenters. The Kier molecular flexibility index (Phi) is 4.92. The van der Waals surface area contributed by atoms with Gasteiger partial charge in [0, 0.05) is 37.4 Å². The zero-order valence-corrected chi connectivity index (χ0v) is 15.4. The van der Waals surface area contributed by atoms with Crippen LogP contribution in [0.15, 0.2) is 24.3 Å². The molecule has 2 amide bonds. The number of para-hydroxylation sites is 1. The van der Waals surface area contributed by atoms with E-state index in [1.54, 1.807) is 0 Å². The molecule has 0 aromatic heterocycles. The maximum atomic E-state index is 12.3. The summed E-state index contributed by atoms with van der Waals surface area (Å²) in [6, 6.07) is 8.67. The average Bonchev–Trinajstić information content (AvgIpc) is 2.45. The fourth-order valence-corrected chi connectivity index (χ4v) is 2.93. The molecule has 4 heteroatoms. The molecule has 0 aliphatic carbocycles. The monoisotopic (exact) mass is 317 g/mol. The van der Waals surface area contributed by atoms with Gasteiger partial charge in [-0.2, -0.15) is 0 Å². The number of urea groups is 1. The number of piperazine rings is 1. The van der Waals surface area contributed by atoms with Crippen LogP contribution in [-0.4, -0.2) is 42.6 Å². The molecule has 0 spiro atoms. The van der Waals surface area contributed by atoms with Crippen molar-refractivity contribution in [1.82, 2.24) is 10.2 Å². The summed E-state index contributed by atoms with van der Waals surface area (Å²) in [5, 5.41) is 3.05. The third kappa shape index (κ3) is 4.63. The Labute approximate surface area is 140 Å². The molecule has 23 heavy (non-hydrogen) atoms. The van der Waals surface area contributed by atoms with Crippen molar-refractivity contribution in [3.05, 3.63) is 29.8 Å². The molecule has 4 nitrogen and oxygen atoms in total. The lowest BCUT2D eigenvalue weighted by Crippen LogP contribution is -2.55. The molecule has 1 saturated heterocycles. The molecular formula is C19H31N3O. The third-order valence-corrected chi connectivity index (χ3v) is 4.10. The highest BCUT2D eigenvalue weighted by molar-refractivity contribution is 5.75. The Morgan fingerprint density at radius 1 is 0.957 bits per heavy atom. The molecule has 128 valence electrons. The largest absolute Gasteiger partial charge is 0.368 e. The Balaban J connectivity index is 2.04. The van der Waals surface area contributed by atoms with Crippen molar-refractivity contribution in [2.24, 2.45) is 0 Å².